The molecule has 4 nitrogen and oxygen atoms in total. The van der Waals surface area contributed by atoms with E-state index in [0.717, 1.165) is 6.42 Å². The molecule has 0 bridgehead atoms. The van der Waals surface area contributed by atoms with E-state index in [0.29, 0.717) is 17.6 Å². The number of halogens is 2. The predicted octanol–water partition coefficient (Wildman–Crippen LogP) is 2.86. The second-order valence-corrected chi connectivity index (χ2v) is 5.14. The molecule has 0 saturated carbocycles. The highest BCUT2D eigenvalue weighted by Crippen LogP contribution is 2.19. The van der Waals surface area contributed by atoms with Crippen molar-refractivity contribution >= 4 is 29.0 Å². The van der Waals surface area contributed by atoms with Crippen LogP contribution in [0.4, 0.5) is 5.82 Å². The van der Waals surface area contributed by atoms with E-state index in [1.165, 1.54) is 0 Å². The standard InChI is InChI=1S/C12H19Cl2N3O/c1-4-12(7-13,8-14)16-10-11(18)17(9(2)3)6-5-15-10/h5-6,9H,4,7-8H2,1-3H3,(H,15,16). The minimum Gasteiger partial charge on any atom is -0.358 e. The van der Waals surface area contributed by atoms with Gasteiger partial charge in [0.15, 0.2) is 5.82 Å². The average Bonchev–Trinajstić information content (AvgIpc) is 2.38. The molecule has 0 aliphatic heterocycles. The quantitative estimate of drug-likeness (QED) is 0.820. The minimum absolute atomic E-state index is 0.0871. The molecule has 18 heavy (non-hydrogen) atoms. The van der Waals surface area contributed by atoms with Gasteiger partial charge in [0.1, 0.15) is 0 Å². The first-order valence-electron chi connectivity index (χ1n) is 5.97. The van der Waals surface area contributed by atoms with Crippen molar-refractivity contribution in [3.8, 4) is 0 Å². The summed E-state index contributed by atoms with van der Waals surface area (Å²) < 4.78 is 1.62. The van der Waals surface area contributed by atoms with E-state index in [-0.39, 0.29) is 11.6 Å². The molecule has 1 rings (SSSR count). The SMILES string of the molecule is CCC(CCl)(CCl)Nc1nccn(C(C)C)c1=O. The summed E-state index contributed by atoms with van der Waals surface area (Å²) in [4.78, 5) is 16.3. The second kappa shape index (κ2) is 6.43. The summed E-state index contributed by atoms with van der Waals surface area (Å²) in [5, 5.41) is 3.10. The van der Waals surface area contributed by atoms with Crippen LogP contribution in [0.2, 0.25) is 0 Å². The smallest absolute Gasteiger partial charge is 0.293 e. The van der Waals surface area contributed by atoms with Crippen LogP contribution in [-0.4, -0.2) is 26.9 Å². The normalized spacial score (nSPS) is 11.9. The minimum atomic E-state index is -0.495. The third kappa shape index (κ3) is 3.18. The summed E-state index contributed by atoms with van der Waals surface area (Å²) >= 11 is 11.9. The second-order valence-electron chi connectivity index (χ2n) is 4.61. The summed E-state index contributed by atoms with van der Waals surface area (Å²) in [6, 6.07) is 0.0871. The van der Waals surface area contributed by atoms with Crippen LogP contribution in [0.15, 0.2) is 17.2 Å². The summed E-state index contributed by atoms with van der Waals surface area (Å²) in [5.74, 6) is 0.949. The Hall–Kier alpha value is -0.740. The summed E-state index contributed by atoms with van der Waals surface area (Å²) in [5.41, 5.74) is -0.647. The summed E-state index contributed by atoms with van der Waals surface area (Å²) in [6.45, 7) is 5.87. The number of nitrogens with zero attached hydrogens (tertiary/aromatic N) is 2. The van der Waals surface area contributed by atoms with Crippen LogP contribution in [0.3, 0.4) is 0 Å². The van der Waals surface area contributed by atoms with Gasteiger partial charge in [-0.05, 0) is 20.3 Å². The Balaban J connectivity index is 3.12. The van der Waals surface area contributed by atoms with E-state index >= 15 is 0 Å². The fourth-order valence-corrected chi connectivity index (χ4v) is 2.35. The predicted molar refractivity (Wildman–Crippen MR) is 77.0 cm³/mol. The molecule has 1 heterocycles. The maximum Gasteiger partial charge on any atom is 0.293 e. The molecule has 0 radical (unpaired) electrons. The molecule has 1 aromatic rings. The van der Waals surface area contributed by atoms with Crippen LogP contribution in [0.1, 0.15) is 33.2 Å². The largest absolute Gasteiger partial charge is 0.358 e. The van der Waals surface area contributed by atoms with Crippen molar-refractivity contribution in [3.63, 3.8) is 0 Å². The zero-order valence-electron chi connectivity index (χ0n) is 10.9. The lowest BCUT2D eigenvalue weighted by Gasteiger charge is -2.30. The maximum atomic E-state index is 12.2. The molecule has 1 N–H and O–H groups in total. The van der Waals surface area contributed by atoms with Gasteiger partial charge in [0, 0.05) is 30.2 Å². The van der Waals surface area contributed by atoms with Gasteiger partial charge in [-0.2, -0.15) is 0 Å². The van der Waals surface area contributed by atoms with E-state index < -0.39 is 5.54 Å². The van der Waals surface area contributed by atoms with Crippen molar-refractivity contribution in [1.82, 2.24) is 9.55 Å². The highest BCUT2D eigenvalue weighted by molar-refractivity contribution is 6.22. The van der Waals surface area contributed by atoms with Crippen LogP contribution in [0, 0.1) is 0 Å². The molecule has 0 aliphatic rings. The molecule has 0 aliphatic carbocycles. The first-order chi connectivity index (χ1) is 8.49. The Kier molecular flexibility index (Phi) is 5.47. The number of anilines is 1. The first kappa shape index (κ1) is 15.3. The van der Waals surface area contributed by atoms with E-state index in [1.54, 1.807) is 17.0 Å². The lowest BCUT2D eigenvalue weighted by atomic mass is 10.0. The Morgan fingerprint density at radius 3 is 2.50 bits per heavy atom. The number of hydrogen-bond acceptors (Lipinski definition) is 3. The lowest BCUT2D eigenvalue weighted by molar-refractivity contribution is 0.544. The molecular formula is C12H19Cl2N3O. The Morgan fingerprint density at radius 2 is 2.06 bits per heavy atom. The fraction of sp³-hybridized carbons (Fsp3) is 0.667. The van der Waals surface area contributed by atoms with Crippen molar-refractivity contribution in [1.29, 1.82) is 0 Å². The van der Waals surface area contributed by atoms with Crippen molar-refractivity contribution in [2.75, 3.05) is 17.1 Å². The molecule has 0 aromatic carbocycles. The number of hydrogen-bond donors (Lipinski definition) is 1. The molecule has 0 fully saturated rings. The van der Waals surface area contributed by atoms with Gasteiger partial charge < -0.3 is 9.88 Å². The Morgan fingerprint density at radius 1 is 1.44 bits per heavy atom. The number of alkyl halides is 2. The molecular weight excluding hydrogens is 273 g/mol. The number of rotatable bonds is 6. The third-order valence-electron chi connectivity index (χ3n) is 3.00. The Labute approximate surface area is 117 Å². The first-order valence-corrected chi connectivity index (χ1v) is 7.04. The van der Waals surface area contributed by atoms with Crippen molar-refractivity contribution in [2.45, 2.75) is 38.8 Å². The molecule has 1 aromatic heterocycles. The maximum absolute atomic E-state index is 12.2. The van der Waals surface area contributed by atoms with Gasteiger partial charge in [0.2, 0.25) is 0 Å². The Bertz CT molecular complexity index is 433. The van der Waals surface area contributed by atoms with Gasteiger partial charge in [-0.25, -0.2) is 4.98 Å². The monoisotopic (exact) mass is 291 g/mol. The fourth-order valence-electron chi connectivity index (χ4n) is 1.55. The van der Waals surface area contributed by atoms with Gasteiger partial charge in [-0.15, -0.1) is 23.2 Å². The molecule has 0 unspecified atom stereocenters. The van der Waals surface area contributed by atoms with Crippen LogP contribution in [-0.2, 0) is 0 Å². The summed E-state index contributed by atoms with van der Waals surface area (Å²) in [7, 11) is 0. The van der Waals surface area contributed by atoms with E-state index in [9.17, 15) is 4.79 Å². The van der Waals surface area contributed by atoms with Crippen molar-refractivity contribution in [2.24, 2.45) is 0 Å². The van der Waals surface area contributed by atoms with Crippen LogP contribution in [0.5, 0.6) is 0 Å². The third-order valence-corrected chi connectivity index (χ3v) is 4.02. The van der Waals surface area contributed by atoms with E-state index in [4.69, 9.17) is 23.2 Å². The van der Waals surface area contributed by atoms with E-state index in [1.807, 2.05) is 20.8 Å². The van der Waals surface area contributed by atoms with Crippen LogP contribution < -0.4 is 10.9 Å². The van der Waals surface area contributed by atoms with Crippen molar-refractivity contribution in [3.05, 3.63) is 22.7 Å². The molecule has 0 amide bonds. The van der Waals surface area contributed by atoms with Gasteiger partial charge in [0.25, 0.3) is 5.56 Å². The van der Waals surface area contributed by atoms with Gasteiger partial charge in [-0.3, -0.25) is 4.79 Å². The highest BCUT2D eigenvalue weighted by Gasteiger charge is 2.27. The molecule has 0 atom stereocenters. The average molecular weight is 292 g/mol. The number of nitrogens with one attached hydrogen (secondary N) is 1. The van der Waals surface area contributed by atoms with Gasteiger partial charge >= 0.3 is 0 Å². The van der Waals surface area contributed by atoms with Crippen LogP contribution >= 0.6 is 23.2 Å². The zero-order chi connectivity index (χ0) is 13.8. The van der Waals surface area contributed by atoms with Crippen molar-refractivity contribution < 1.29 is 0 Å². The number of aromatic nitrogens is 2. The van der Waals surface area contributed by atoms with Gasteiger partial charge in [0.05, 0.1) is 5.54 Å². The van der Waals surface area contributed by atoms with Crippen LogP contribution in [0.25, 0.3) is 0 Å². The molecule has 102 valence electrons. The highest BCUT2D eigenvalue weighted by atomic mass is 35.5. The zero-order valence-corrected chi connectivity index (χ0v) is 12.4. The molecule has 0 spiro atoms. The summed E-state index contributed by atoms with van der Waals surface area (Å²) in [6.07, 6.45) is 4.00. The topological polar surface area (TPSA) is 46.9 Å². The molecule has 0 saturated heterocycles. The van der Waals surface area contributed by atoms with Gasteiger partial charge in [-0.1, -0.05) is 6.92 Å². The molecule has 6 heteroatoms. The lowest BCUT2D eigenvalue weighted by Crippen LogP contribution is -2.44. The van der Waals surface area contributed by atoms with E-state index in [2.05, 4.69) is 10.3 Å².